The van der Waals surface area contributed by atoms with Gasteiger partial charge in [0.15, 0.2) is 5.96 Å². The van der Waals surface area contributed by atoms with E-state index < -0.39 is 103 Å². The Kier molecular flexibility index (Phi) is 23.4. The molecule has 13 N–H and O–H groups in total. The SMILES string of the molecule is CCCCCCN1CC(=O)N[C@@H](Cc2c[nH]c3ccccc23)C(=O)N2CCC[C@H]2C(=O)N[C@H](C=O)CSCC(=O)N[C@@H](Cc2ccccc2)C(=O)N[C@@H](Cc2ccc(C(N)=O)cc2)C(=O)N[C@@H](CCCN=C(N)N)C(=O)NCC1=O. The maximum absolute atomic E-state index is 14.8. The third kappa shape index (κ3) is 18.4. The molecule has 2 aliphatic rings. The highest BCUT2D eigenvalue weighted by Crippen LogP contribution is 2.24. The molecule has 24 heteroatoms. The third-order valence-electron chi connectivity index (χ3n) is 13.8. The summed E-state index contributed by atoms with van der Waals surface area (Å²) in [5.74, 6) is -6.63. The molecule has 4 aromatic rings. The first-order valence-corrected chi connectivity index (χ1v) is 28.1. The van der Waals surface area contributed by atoms with Gasteiger partial charge in [-0.15, -0.1) is 11.8 Å². The molecule has 2 aliphatic heterocycles. The molecule has 3 aromatic carbocycles. The minimum Gasteiger partial charge on any atom is -0.370 e. The maximum atomic E-state index is 14.8. The molecule has 9 amide bonds. The average molecular weight is 1120 g/mol. The van der Waals surface area contributed by atoms with Crippen molar-refractivity contribution in [3.05, 3.63) is 107 Å². The van der Waals surface area contributed by atoms with Gasteiger partial charge < -0.3 is 68.7 Å². The van der Waals surface area contributed by atoms with Crippen LogP contribution in [0.1, 0.15) is 85.3 Å². The molecule has 1 aromatic heterocycles. The number of nitrogens with one attached hydrogen (secondary N) is 7. The first-order valence-electron chi connectivity index (χ1n) is 26.9. The van der Waals surface area contributed by atoms with Crippen LogP contribution in [0.15, 0.2) is 90.1 Å². The average Bonchev–Trinajstić information content (AvgIpc) is 4.12. The van der Waals surface area contributed by atoms with Gasteiger partial charge in [-0.2, -0.15) is 0 Å². The van der Waals surface area contributed by atoms with Crippen molar-refractivity contribution in [3.8, 4) is 0 Å². The second kappa shape index (κ2) is 30.8. The Morgan fingerprint density at radius 2 is 1.39 bits per heavy atom. The summed E-state index contributed by atoms with van der Waals surface area (Å²) in [5.41, 5.74) is 19.5. The quantitative estimate of drug-likeness (QED) is 0.0294. The number of fused-ring (bicyclic) bond motifs is 2. The Hall–Kier alpha value is -8.28. The fraction of sp³-hybridized carbons (Fsp3) is 0.446. The van der Waals surface area contributed by atoms with Gasteiger partial charge in [-0.3, -0.25) is 48.1 Å². The van der Waals surface area contributed by atoms with E-state index in [-0.39, 0.29) is 81.2 Å². The number of nitrogens with two attached hydrogens (primary N) is 3. The number of aromatic amines is 1. The third-order valence-corrected chi connectivity index (χ3v) is 14.9. The first kappa shape index (κ1) is 60.9. The van der Waals surface area contributed by atoms with Gasteiger partial charge in [0.2, 0.25) is 53.2 Å². The highest BCUT2D eigenvalue weighted by atomic mass is 32.2. The number of amides is 9. The van der Waals surface area contributed by atoms with Crippen LogP contribution in [-0.2, 0) is 62.4 Å². The van der Waals surface area contributed by atoms with Gasteiger partial charge in [-0.05, 0) is 67.0 Å². The normalized spacial score (nSPS) is 21.7. The fourth-order valence-electron chi connectivity index (χ4n) is 9.59. The largest absolute Gasteiger partial charge is 0.370 e. The Morgan fingerprint density at radius 1 is 0.713 bits per heavy atom. The zero-order chi connectivity index (χ0) is 57.6. The van der Waals surface area contributed by atoms with E-state index in [0.717, 1.165) is 41.9 Å². The van der Waals surface area contributed by atoms with E-state index in [1.165, 1.54) is 21.9 Å². The number of carbonyl (C=O) groups is 10. The summed E-state index contributed by atoms with van der Waals surface area (Å²) in [6.45, 7) is 1.30. The van der Waals surface area contributed by atoms with E-state index in [1.807, 2.05) is 31.2 Å². The van der Waals surface area contributed by atoms with Crippen molar-refractivity contribution >= 4 is 88.1 Å². The molecular formula is C56H73N13O10S. The highest BCUT2D eigenvalue weighted by molar-refractivity contribution is 8.00. The Bertz CT molecular complexity index is 2840. The summed E-state index contributed by atoms with van der Waals surface area (Å²) in [6, 6.07) is 15.0. The molecule has 23 nitrogen and oxygen atoms in total. The lowest BCUT2D eigenvalue weighted by molar-refractivity contribution is -0.142. The van der Waals surface area contributed by atoms with Gasteiger partial charge in [0.1, 0.15) is 36.5 Å². The van der Waals surface area contributed by atoms with E-state index in [9.17, 15) is 47.9 Å². The van der Waals surface area contributed by atoms with Gasteiger partial charge in [0.05, 0.1) is 24.9 Å². The predicted octanol–water partition coefficient (Wildman–Crippen LogP) is 0.234. The first-order chi connectivity index (χ1) is 38.5. The number of benzene rings is 3. The summed E-state index contributed by atoms with van der Waals surface area (Å²) < 4.78 is 0. The van der Waals surface area contributed by atoms with E-state index >= 15 is 0 Å². The fourth-order valence-corrected chi connectivity index (χ4v) is 10.4. The lowest BCUT2D eigenvalue weighted by Gasteiger charge is -2.30. The number of H-pyrrole nitrogens is 1. The van der Waals surface area contributed by atoms with Crippen molar-refractivity contribution in [2.45, 2.75) is 114 Å². The van der Waals surface area contributed by atoms with Gasteiger partial charge in [-0.25, -0.2) is 0 Å². The van der Waals surface area contributed by atoms with Crippen molar-refractivity contribution in [2.24, 2.45) is 22.2 Å². The standard InChI is InChI=1S/C56H73N13O10S/c1-2-3-4-10-24-68-31-47(71)65-45(28-38-29-61-41-16-9-8-15-40(38)41)55(79)69-25-12-18-46(69)54(78)63-39(32-70)33-80-34-48(72)64-43(26-35-13-6-5-7-14-35)52(76)67-44(27-36-19-21-37(22-20-36)50(57)74)53(77)66-42(17-11-23-60-56(58)59)51(75)62-30-49(68)73/h5-9,13-16,19-22,29,32,39,42-46,61H,2-4,10-12,17-18,23-28,30-31,33-34H2,1H3,(H2,57,74)(H,62,75)(H,63,78)(H,64,72)(H,65,71)(H,66,77)(H,67,76)(H4,58,59,60)/t39-,42+,43+,44+,45+,46+/m1/s1. The zero-order valence-electron chi connectivity index (χ0n) is 44.9. The molecule has 0 saturated carbocycles. The van der Waals surface area contributed by atoms with Crippen molar-refractivity contribution < 1.29 is 47.9 Å². The number of aldehydes is 1. The summed E-state index contributed by atoms with van der Waals surface area (Å²) in [7, 11) is 0. The monoisotopic (exact) mass is 1120 g/mol. The Balaban J connectivity index is 1.35. The molecule has 0 radical (unpaired) electrons. The van der Waals surface area contributed by atoms with Gasteiger partial charge >= 0.3 is 0 Å². The van der Waals surface area contributed by atoms with Crippen molar-refractivity contribution in [3.63, 3.8) is 0 Å². The number of para-hydroxylation sites is 1. The number of carbonyl (C=O) groups excluding carboxylic acids is 10. The van der Waals surface area contributed by atoms with Crippen LogP contribution in [0.4, 0.5) is 0 Å². The number of thioether (sulfide) groups is 1. The molecule has 3 heterocycles. The second-order valence-electron chi connectivity index (χ2n) is 19.9. The van der Waals surface area contributed by atoms with E-state index in [0.29, 0.717) is 35.8 Å². The lowest BCUT2D eigenvalue weighted by atomic mass is 10.0. The van der Waals surface area contributed by atoms with Crippen LogP contribution < -0.4 is 49.1 Å². The van der Waals surface area contributed by atoms with E-state index in [4.69, 9.17) is 17.2 Å². The predicted molar refractivity (Wildman–Crippen MR) is 302 cm³/mol. The molecule has 0 spiro atoms. The Morgan fingerprint density at radius 3 is 2.09 bits per heavy atom. The number of rotatable bonds is 17. The number of hydrogen-bond donors (Lipinski definition) is 10. The molecule has 6 rings (SSSR count). The number of guanidine groups is 1. The molecule has 2 saturated heterocycles. The number of primary amides is 1. The molecule has 0 unspecified atom stereocenters. The minimum absolute atomic E-state index is 0.0155. The van der Waals surface area contributed by atoms with Crippen LogP contribution in [0.5, 0.6) is 0 Å². The molecule has 2 fully saturated rings. The smallest absolute Gasteiger partial charge is 0.248 e. The number of aromatic nitrogens is 1. The molecule has 0 bridgehead atoms. The van der Waals surface area contributed by atoms with E-state index in [1.54, 1.807) is 48.7 Å². The molecule has 80 heavy (non-hydrogen) atoms. The van der Waals surface area contributed by atoms with Crippen molar-refractivity contribution in [2.75, 3.05) is 44.2 Å². The molecule has 0 aliphatic carbocycles. The summed E-state index contributed by atoms with van der Waals surface area (Å²) >= 11 is 1.02. The van der Waals surface area contributed by atoms with E-state index in [2.05, 4.69) is 41.9 Å². The van der Waals surface area contributed by atoms with Gasteiger partial charge in [-0.1, -0.05) is 86.8 Å². The second-order valence-corrected chi connectivity index (χ2v) is 20.9. The number of unbranched alkanes of at least 4 members (excludes halogenated alkanes) is 3. The van der Waals surface area contributed by atoms with Gasteiger partial charge in [0, 0.05) is 67.3 Å². The summed E-state index contributed by atoms with van der Waals surface area (Å²) in [5, 5.41) is 17.3. The zero-order valence-corrected chi connectivity index (χ0v) is 45.7. The van der Waals surface area contributed by atoms with Crippen molar-refractivity contribution in [1.82, 2.24) is 46.7 Å². The van der Waals surface area contributed by atoms with Crippen LogP contribution in [0.25, 0.3) is 10.9 Å². The molecule has 6 atom stereocenters. The Labute approximate surface area is 468 Å². The number of hydrogen-bond acceptors (Lipinski definition) is 12. The van der Waals surface area contributed by atoms with Gasteiger partial charge in [0.25, 0.3) is 0 Å². The van der Waals surface area contributed by atoms with Crippen LogP contribution in [-0.4, -0.2) is 161 Å². The topological polar surface area (TPSA) is 356 Å². The van der Waals surface area contributed by atoms with Crippen molar-refractivity contribution in [1.29, 1.82) is 0 Å². The van der Waals surface area contributed by atoms with Crippen LogP contribution in [0, 0.1) is 0 Å². The summed E-state index contributed by atoms with van der Waals surface area (Å²) in [6.07, 6.45) is 5.95. The maximum Gasteiger partial charge on any atom is 0.248 e. The lowest BCUT2D eigenvalue weighted by Crippen LogP contribution is -2.58. The number of nitrogens with zero attached hydrogens (tertiary/aromatic N) is 3. The highest BCUT2D eigenvalue weighted by Gasteiger charge is 2.39. The van der Waals surface area contributed by atoms with Crippen LogP contribution in [0.3, 0.4) is 0 Å². The molecular weight excluding hydrogens is 1050 g/mol. The van der Waals surface area contributed by atoms with Crippen LogP contribution >= 0.6 is 11.8 Å². The number of aliphatic imine (C=N–C) groups is 1. The van der Waals surface area contributed by atoms with Crippen LogP contribution in [0.2, 0.25) is 0 Å². The minimum atomic E-state index is -1.40. The summed E-state index contributed by atoms with van der Waals surface area (Å²) in [4.78, 5) is 149. The molecule has 428 valence electrons.